The molecule has 1 heterocycles. The molecule has 0 radical (unpaired) electrons. The van der Waals surface area contributed by atoms with Gasteiger partial charge in [-0.25, -0.2) is 0 Å². The summed E-state index contributed by atoms with van der Waals surface area (Å²) in [5.41, 5.74) is 5.23. The Hall–Kier alpha value is -3.17. The SMILES string of the molecule is Cc1cc(C)cc(N(CCC#N)C(=O)CN2CCN(C(=O)Cc3ccccc3C)CC2)c1. The molecule has 0 aliphatic carbocycles. The van der Waals surface area contributed by atoms with E-state index in [1.165, 1.54) is 0 Å². The number of aryl methyl sites for hydroxylation is 3. The monoisotopic (exact) mass is 432 g/mol. The summed E-state index contributed by atoms with van der Waals surface area (Å²) in [5, 5.41) is 9.04. The van der Waals surface area contributed by atoms with Crippen molar-refractivity contribution < 1.29 is 9.59 Å². The Morgan fingerprint density at radius 1 is 1.00 bits per heavy atom. The fraction of sp³-hybridized carbons (Fsp3) is 0.423. The normalized spacial score (nSPS) is 14.1. The quantitative estimate of drug-likeness (QED) is 0.674. The molecule has 2 aromatic rings. The van der Waals surface area contributed by atoms with Gasteiger partial charge in [0.05, 0.1) is 25.5 Å². The van der Waals surface area contributed by atoms with E-state index >= 15 is 0 Å². The Labute approximate surface area is 191 Å². The maximum Gasteiger partial charge on any atom is 0.241 e. The van der Waals surface area contributed by atoms with Gasteiger partial charge in [0, 0.05) is 38.4 Å². The molecule has 0 aromatic heterocycles. The van der Waals surface area contributed by atoms with Gasteiger partial charge in [0.2, 0.25) is 11.8 Å². The molecule has 0 atom stereocenters. The molecule has 0 spiro atoms. The maximum atomic E-state index is 13.1. The molecule has 0 N–H and O–H groups in total. The lowest BCUT2D eigenvalue weighted by Gasteiger charge is -2.35. The number of piperazine rings is 1. The van der Waals surface area contributed by atoms with E-state index in [0.717, 1.165) is 27.9 Å². The van der Waals surface area contributed by atoms with Crippen LogP contribution in [0.25, 0.3) is 0 Å². The Bertz CT molecular complexity index is 983. The van der Waals surface area contributed by atoms with Gasteiger partial charge in [-0.15, -0.1) is 0 Å². The van der Waals surface area contributed by atoms with Crippen molar-refractivity contribution in [1.29, 1.82) is 5.26 Å². The predicted molar refractivity (Wildman–Crippen MR) is 126 cm³/mol. The molecule has 0 bridgehead atoms. The van der Waals surface area contributed by atoms with Crippen LogP contribution < -0.4 is 4.90 Å². The van der Waals surface area contributed by atoms with Gasteiger partial charge in [0.15, 0.2) is 0 Å². The van der Waals surface area contributed by atoms with Crippen molar-refractivity contribution >= 4 is 17.5 Å². The van der Waals surface area contributed by atoms with Crippen LogP contribution >= 0.6 is 0 Å². The summed E-state index contributed by atoms with van der Waals surface area (Å²) in [4.78, 5) is 31.6. The second-order valence-corrected chi connectivity index (χ2v) is 8.56. The van der Waals surface area contributed by atoms with E-state index in [1.54, 1.807) is 4.90 Å². The Balaban J connectivity index is 1.57. The van der Waals surface area contributed by atoms with Crippen LogP contribution in [0, 0.1) is 32.1 Å². The van der Waals surface area contributed by atoms with Crippen LogP contribution in [0.15, 0.2) is 42.5 Å². The fourth-order valence-electron chi connectivity index (χ4n) is 4.18. The Morgan fingerprint density at radius 2 is 1.66 bits per heavy atom. The lowest BCUT2D eigenvalue weighted by atomic mass is 10.1. The van der Waals surface area contributed by atoms with E-state index in [-0.39, 0.29) is 18.4 Å². The van der Waals surface area contributed by atoms with Gasteiger partial charge in [0.1, 0.15) is 0 Å². The molecular weight excluding hydrogens is 400 g/mol. The lowest BCUT2D eigenvalue weighted by Crippen LogP contribution is -2.52. The van der Waals surface area contributed by atoms with E-state index in [1.807, 2.05) is 62.1 Å². The third-order valence-electron chi connectivity index (χ3n) is 5.95. The van der Waals surface area contributed by atoms with Crippen LogP contribution in [-0.2, 0) is 16.0 Å². The molecule has 0 unspecified atom stereocenters. The van der Waals surface area contributed by atoms with Crippen molar-refractivity contribution in [3.05, 3.63) is 64.7 Å². The average molecular weight is 433 g/mol. The molecule has 0 saturated carbocycles. The highest BCUT2D eigenvalue weighted by Gasteiger charge is 2.25. The number of rotatable bonds is 7. The summed E-state index contributed by atoms with van der Waals surface area (Å²) in [6, 6.07) is 16.2. The second-order valence-electron chi connectivity index (χ2n) is 8.56. The minimum Gasteiger partial charge on any atom is -0.340 e. The highest BCUT2D eigenvalue weighted by molar-refractivity contribution is 5.95. The molecule has 1 saturated heterocycles. The van der Waals surface area contributed by atoms with E-state index in [0.29, 0.717) is 45.6 Å². The molecule has 6 heteroatoms. The van der Waals surface area contributed by atoms with Crippen molar-refractivity contribution in [3.63, 3.8) is 0 Å². The minimum atomic E-state index is -0.00932. The summed E-state index contributed by atoms with van der Waals surface area (Å²) < 4.78 is 0. The smallest absolute Gasteiger partial charge is 0.241 e. The van der Waals surface area contributed by atoms with Crippen molar-refractivity contribution in [2.24, 2.45) is 0 Å². The predicted octanol–water partition coefficient (Wildman–Crippen LogP) is 3.25. The standard InChI is InChI=1S/C26H32N4O2/c1-20-15-21(2)17-24(16-20)30(10-6-9-27)26(32)19-28-11-13-29(14-12-28)25(31)18-23-8-5-4-7-22(23)3/h4-5,7-8,15-17H,6,10-14,18-19H2,1-3H3. The number of benzene rings is 2. The average Bonchev–Trinajstić information content (AvgIpc) is 2.75. The highest BCUT2D eigenvalue weighted by Crippen LogP contribution is 2.20. The van der Waals surface area contributed by atoms with Crippen LogP contribution in [0.4, 0.5) is 5.69 Å². The second kappa shape index (κ2) is 10.9. The van der Waals surface area contributed by atoms with E-state index in [4.69, 9.17) is 5.26 Å². The number of nitrogens with zero attached hydrogens (tertiary/aromatic N) is 4. The number of carbonyl (C=O) groups is 2. The van der Waals surface area contributed by atoms with Gasteiger partial charge >= 0.3 is 0 Å². The van der Waals surface area contributed by atoms with E-state index < -0.39 is 0 Å². The van der Waals surface area contributed by atoms with Crippen LogP contribution in [-0.4, -0.2) is 60.9 Å². The molecule has 3 rings (SSSR count). The molecule has 1 aliphatic rings. The van der Waals surface area contributed by atoms with Crippen molar-refractivity contribution in [2.75, 3.05) is 44.2 Å². The molecule has 2 aromatic carbocycles. The first-order valence-corrected chi connectivity index (χ1v) is 11.2. The third-order valence-corrected chi connectivity index (χ3v) is 5.95. The van der Waals surface area contributed by atoms with Crippen LogP contribution in [0.1, 0.15) is 28.7 Å². The number of nitriles is 1. The van der Waals surface area contributed by atoms with Crippen LogP contribution in [0.3, 0.4) is 0 Å². The first-order chi connectivity index (χ1) is 15.4. The number of amides is 2. The summed E-state index contributed by atoms with van der Waals surface area (Å²) in [6.07, 6.45) is 0.708. The third kappa shape index (κ3) is 6.18. The van der Waals surface area contributed by atoms with Gasteiger partial charge < -0.3 is 9.80 Å². The topological polar surface area (TPSA) is 67.7 Å². The highest BCUT2D eigenvalue weighted by atomic mass is 16.2. The summed E-state index contributed by atoms with van der Waals surface area (Å²) >= 11 is 0. The Morgan fingerprint density at radius 3 is 2.28 bits per heavy atom. The minimum absolute atomic E-state index is 0.00932. The van der Waals surface area contributed by atoms with Gasteiger partial charge in [0.25, 0.3) is 0 Å². The summed E-state index contributed by atoms with van der Waals surface area (Å²) in [6.45, 7) is 9.31. The van der Waals surface area contributed by atoms with Gasteiger partial charge in [-0.3, -0.25) is 14.5 Å². The van der Waals surface area contributed by atoms with Gasteiger partial charge in [-0.1, -0.05) is 30.3 Å². The first-order valence-electron chi connectivity index (χ1n) is 11.2. The van der Waals surface area contributed by atoms with Crippen LogP contribution in [0.2, 0.25) is 0 Å². The molecule has 168 valence electrons. The molecule has 1 aliphatic heterocycles. The molecule has 32 heavy (non-hydrogen) atoms. The number of carbonyl (C=O) groups excluding carboxylic acids is 2. The summed E-state index contributed by atoms with van der Waals surface area (Å²) in [7, 11) is 0. The maximum absolute atomic E-state index is 13.1. The zero-order valence-electron chi connectivity index (χ0n) is 19.3. The number of hydrogen-bond acceptors (Lipinski definition) is 4. The molecular formula is C26H32N4O2. The van der Waals surface area contributed by atoms with Crippen molar-refractivity contribution in [1.82, 2.24) is 9.80 Å². The van der Waals surface area contributed by atoms with Crippen molar-refractivity contribution in [2.45, 2.75) is 33.6 Å². The van der Waals surface area contributed by atoms with E-state index in [2.05, 4.69) is 17.0 Å². The molecule has 1 fully saturated rings. The van der Waals surface area contributed by atoms with Crippen molar-refractivity contribution in [3.8, 4) is 6.07 Å². The Kier molecular flexibility index (Phi) is 8.02. The van der Waals surface area contributed by atoms with E-state index in [9.17, 15) is 9.59 Å². The lowest BCUT2D eigenvalue weighted by molar-refractivity contribution is -0.132. The number of anilines is 1. The zero-order chi connectivity index (χ0) is 23.1. The zero-order valence-corrected chi connectivity index (χ0v) is 19.3. The summed E-state index contributed by atoms with van der Waals surface area (Å²) in [5.74, 6) is 0.126. The fourth-order valence-corrected chi connectivity index (χ4v) is 4.18. The molecule has 6 nitrogen and oxygen atoms in total. The number of hydrogen-bond donors (Lipinski definition) is 0. The molecule has 2 amide bonds. The van der Waals surface area contributed by atoms with Gasteiger partial charge in [-0.05, 0) is 55.2 Å². The first kappa shape index (κ1) is 23.5. The van der Waals surface area contributed by atoms with Crippen LogP contribution in [0.5, 0.6) is 0 Å². The van der Waals surface area contributed by atoms with Gasteiger partial charge in [-0.2, -0.15) is 5.26 Å². The largest absolute Gasteiger partial charge is 0.340 e.